The minimum absolute atomic E-state index is 0.451. The Hall–Kier alpha value is -2.71. The first-order valence-electron chi connectivity index (χ1n) is 7.73. The number of hydrogen-bond acceptors (Lipinski definition) is 6. The summed E-state index contributed by atoms with van der Waals surface area (Å²) in [4.78, 5) is 4.66. The Morgan fingerprint density at radius 1 is 1.08 bits per heavy atom. The topological polar surface area (TPSA) is 78.8 Å². The maximum Gasteiger partial charge on any atom is 0.165 e. The molecule has 0 radical (unpaired) electrons. The van der Waals surface area contributed by atoms with Gasteiger partial charge >= 0.3 is 0 Å². The van der Waals surface area contributed by atoms with Crippen molar-refractivity contribution < 1.29 is 4.74 Å². The third-order valence-electron chi connectivity index (χ3n) is 3.87. The molecule has 0 unspecified atom stereocenters. The van der Waals surface area contributed by atoms with Crippen molar-refractivity contribution in [3.8, 4) is 33.4 Å². The SMILES string of the molecule is COc1ccc(-n2nnc(-c3nc(-c4ccc(Br)cc4)cs3)c2N)cc1. The number of halogens is 1. The molecule has 0 fully saturated rings. The smallest absolute Gasteiger partial charge is 0.165 e. The number of rotatable bonds is 4. The van der Waals surface area contributed by atoms with E-state index >= 15 is 0 Å². The van der Waals surface area contributed by atoms with Crippen molar-refractivity contribution in [2.24, 2.45) is 0 Å². The summed E-state index contributed by atoms with van der Waals surface area (Å²) in [6.07, 6.45) is 0. The zero-order chi connectivity index (χ0) is 18.1. The first-order valence-corrected chi connectivity index (χ1v) is 9.40. The number of benzene rings is 2. The van der Waals surface area contributed by atoms with Crippen LogP contribution in [0, 0.1) is 0 Å². The summed E-state index contributed by atoms with van der Waals surface area (Å²) in [6, 6.07) is 15.5. The Morgan fingerprint density at radius 2 is 1.81 bits per heavy atom. The van der Waals surface area contributed by atoms with Gasteiger partial charge in [-0.3, -0.25) is 0 Å². The molecule has 0 atom stereocenters. The molecule has 130 valence electrons. The molecular formula is C18H14BrN5OS. The van der Waals surface area contributed by atoms with Gasteiger partial charge in [0.2, 0.25) is 0 Å². The highest BCUT2D eigenvalue weighted by Gasteiger charge is 2.17. The fraction of sp³-hybridized carbons (Fsp3) is 0.0556. The lowest BCUT2D eigenvalue weighted by Crippen LogP contribution is -2.02. The molecule has 2 aromatic carbocycles. The molecule has 0 aliphatic rings. The molecule has 2 aromatic heterocycles. The maximum atomic E-state index is 6.27. The number of nitrogen functional groups attached to an aromatic ring is 1. The number of hydrogen-bond donors (Lipinski definition) is 1. The lowest BCUT2D eigenvalue weighted by molar-refractivity contribution is 0.414. The summed E-state index contributed by atoms with van der Waals surface area (Å²) in [6.45, 7) is 0. The second-order valence-electron chi connectivity index (χ2n) is 5.48. The fourth-order valence-corrected chi connectivity index (χ4v) is 3.58. The van der Waals surface area contributed by atoms with E-state index in [0.717, 1.165) is 32.2 Å². The number of methoxy groups -OCH3 is 1. The van der Waals surface area contributed by atoms with E-state index in [1.165, 1.54) is 11.3 Å². The number of nitrogens with two attached hydrogens (primary N) is 1. The zero-order valence-electron chi connectivity index (χ0n) is 13.8. The number of aromatic nitrogens is 4. The van der Waals surface area contributed by atoms with Crippen LogP contribution in [0.1, 0.15) is 0 Å². The molecule has 26 heavy (non-hydrogen) atoms. The number of anilines is 1. The Labute approximate surface area is 162 Å². The van der Waals surface area contributed by atoms with E-state index in [-0.39, 0.29) is 0 Å². The van der Waals surface area contributed by atoms with Crippen molar-refractivity contribution in [1.82, 2.24) is 20.0 Å². The van der Waals surface area contributed by atoms with E-state index in [9.17, 15) is 0 Å². The molecule has 4 aromatic rings. The highest BCUT2D eigenvalue weighted by Crippen LogP contribution is 2.32. The normalized spacial score (nSPS) is 10.8. The maximum absolute atomic E-state index is 6.27. The molecule has 4 rings (SSSR count). The molecule has 0 amide bonds. The van der Waals surface area contributed by atoms with Gasteiger partial charge in [0.25, 0.3) is 0 Å². The van der Waals surface area contributed by atoms with Gasteiger partial charge in [-0.25, -0.2) is 4.98 Å². The van der Waals surface area contributed by atoms with Gasteiger partial charge in [0.15, 0.2) is 11.5 Å². The third kappa shape index (κ3) is 3.09. The highest BCUT2D eigenvalue weighted by molar-refractivity contribution is 9.10. The van der Waals surface area contributed by atoms with Crippen LogP contribution in [0.5, 0.6) is 5.75 Å². The van der Waals surface area contributed by atoms with Gasteiger partial charge in [0.05, 0.1) is 18.5 Å². The molecule has 6 nitrogen and oxygen atoms in total. The van der Waals surface area contributed by atoms with Gasteiger partial charge < -0.3 is 10.5 Å². The Balaban J connectivity index is 1.67. The average Bonchev–Trinajstić information content (AvgIpc) is 3.29. The van der Waals surface area contributed by atoms with Crippen LogP contribution in [-0.4, -0.2) is 27.1 Å². The molecular weight excluding hydrogens is 414 g/mol. The minimum atomic E-state index is 0.451. The Kier molecular flexibility index (Phi) is 4.44. The second-order valence-corrected chi connectivity index (χ2v) is 7.25. The van der Waals surface area contributed by atoms with E-state index in [2.05, 4.69) is 31.2 Å². The van der Waals surface area contributed by atoms with Gasteiger partial charge in [-0.05, 0) is 36.4 Å². The van der Waals surface area contributed by atoms with Crippen molar-refractivity contribution in [3.63, 3.8) is 0 Å². The summed E-state index contributed by atoms with van der Waals surface area (Å²) in [5, 5.41) is 11.1. The van der Waals surface area contributed by atoms with E-state index in [0.29, 0.717) is 11.5 Å². The van der Waals surface area contributed by atoms with Gasteiger partial charge in [0.1, 0.15) is 10.8 Å². The van der Waals surface area contributed by atoms with E-state index in [1.54, 1.807) is 11.8 Å². The first kappa shape index (κ1) is 16.7. The van der Waals surface area contributed by atoms with Gasteiger partial charge in [-0.1, -0.05) is 33.3 Å². The van der Waals surface area contributed by atoms with Crippen LogP contribution in [0.15, 0.2) is 58.4 Å². The summed E-state index contributed by atoms with van der Waals surface area (Å²) in [5.74, 6) is 1.22. The average molecular weight is 428 g/mol. The number of ether oxygens (including phenoxy) is 1. The van der Waals surface area contributed by atoms with E-state index in [4.69, 9.17) is 10.5 Å². The lowest BCUT2D eigenvalue weighted by Gasteiger charge is -2.04. The van der Waals surface area contributed by atoms with Crippen LogP contribution in [0.3, 0.4) is 0 Å². The Morgan fingerprint density at radius 3 is 2.50 bits per heavy atom. The van der Waals surface area contributed by atoms with E-state index < -0.39 is 0 Å². The number of nitrogens with zero attached hydrogens (tertiary/aromatic N) is 4. The van der Waals surface area contributed by atoms with Crippen LogP contribution >= 0.6 is 27.3 Å². The summed E-state index contributed by atoms with van der Waals surface area (Å²) in [7, 11) is 1.63. The van der Waals surface area contributed by atoms with Crippen LogP contribution in [-0.2, 0) is 0 Å². The minimum Gasteiger partial charge on any atom is -0.497 e. The standard InChI is InChI=1S/C18H14BrN5OS/c1-25-14-8-6-13(7-9-14)24-17(20)16(22-23-24)18-21-15(10-26-18)11-2-4-12(19)5-3-11/h2-10H,20H2,1H3. The molecule has 0 aliphatic heterocycles. The molecule has 2 heterocycles. The molecule has 0 aliphatic carbocycles. The summed E-state index contributed by atoms with van der Waals surface area (Å²) in [5.41, 5.74) is 9.59. The van der Waals surface area contributed by atoms with Crippen LogP contribution in [0.25, 0.3) is 27.6 Å². The van der Waals surface area contributed by atoms with Gasteiger partial charge in [-0.2, -0.15) is 4.68 Å². The van der Waals surface area contributed by atoms with Crippen molar-refractivity contribution in [1.29, 1.82) is 0 Å². The molecule has 0 bridgehead atoms. The van der Waals surface area contributed by atoms with Crippen LogP contribution in [0.2, 0.25) is 0 Å². The van der Waals surface area contributed by atoms with Crippen molar-refractivity contribution in [2.45, 2.75) is 0 Å². The quantitative estimate of drug-likeness (QED) is 0.521. The largest absolute Gasteiger partial charge is 0.497 e. The van der Waals surface area contributed by atoms with Crippen molar-refractivity contribution in [3.05, 3.63) is 58.4 Å². The molecule has 2 N–H and O–H groups in total. The van der Waals surface area contributed by atoms with Crippen LogP contribution < -0.4 is 10.5 Å². The second kappa shape index (κ2) is 6.89. The Bertz CT molecular complexity index is 1040. The van der Waals surface area contributed by atoms with Crippen LogP contribution in [0.4, 0.5) is 5.82 Å². The molecule has 0 saturated carbocycles. The predicted octanol–water partition coefficient (Wildman–Crippen LogP) is 4.41. The zero-order valence-corrected chi connectivity index (χ0v) is 16.2. The van der Waals surface area contributed by atoms with Gasteiger partial charge in [0, 0.05) is 15.4 Å². The lowest BCUT2D eigenvalue weighted by atomic mass is 10.2. The van der Waals surface area contributed by atoms with Crippen molar-refractivity contribution >= 4 is 33.1 Å². The first-order chi connectivity index (χ1) is 12.7. The molecule has 0 saturated heterocycles. The summed E-state index contributed by atoms with van der Waals surface area (Å²) >= 11 is 4.93. The fourth-order valence-electron chi connectivity index (χ4n) is 2.49. The van der Waals surface area contributed by atoms with Crippen molar-refractivity contribution in [2.75, 3.05) is 12.8 Å². The molecule has 8 heteroatoms. The summed E-state index contributed by atoms with van der Waals surface area (Å²) < 4.78 is 7.80. The third-order valence-corrected chi connectivity index (χ3v) is 5.25. The predicted molar refractivity (Wildman–Crippen MR) is 107 cm³/mol. The number of thiazole rings is 1. The highest BCUT2D eigenvalue weighted by atomic mass is 79.9. The molecule has 0 spiro atoms. The monoisotopic (exact) mass is 427 g/mol. The van der Waals surface area contributed by atoms with Gasteiger partial charge in [-0.15, -0.1) is 16.4 Å². The van der Waals surface area contributed by atoms with E-state index in [1.807, 2.05) is 53.9 Å².